The zero-order chi connectivity index (χ0) is 15.8. The molecule has 0 saturated carbocycles. The highest BCUT2D eigenvalue weighted by Crippen LogP contribution is 2.23. The van der Waals surface area contributed by atoms with Crippen molar-refractivity contribution in [2.75, 3.05) is 20.3 Å². The first-order chi connectivity index (χ1) is 10.7. The zero-order valence-electron chi connectivity index (χ0n) is 12.4. The van der Waals surface area contributed by atoms with E-state index in [0.29, 0.717) is 25.5 Å². The van der Waals surface area contributed by atoms with E-state index < -0.39 is 0 Å². The van der Waals surface area contributed by atoms with Gasteiger partial charge in [0.15, 0.2) is 0 Å². The molecule has 0 aromatic heterocycles. The number of methoxy groups -OCH3 is 1. The molecule has 1 amide bonds. The first-order valence-electron chi connectivity index (χ1n) is 6.97. The molecule has 2 aromatic carbocycles. The standard InChI is InChI=1S/C17H19NO4/c1-21-9-10-22-14-7-8-15(16(19)11-14)17(20)18-12-13-5-3-2-4-6-13/h2-8,11,19H,9-10,12H2,1H3,(H,18,20). The maximum atomic E-state index is 12.1. The lowest BCUT2D eigenvalue weighted by atomic mass is 10.1. The number of hydrogen-bond acceptors (Lipinski definition) is 4. The number of phenols is 1. The van der Waals surface area contributed by atoms with Crippen molar-refractivity contribution >= 4 is 5.91 Å². The van der Waals surface area contributed by atoms with Crippen molar-refractivity contribution in [3.8, 4) is 11.5 Å². The second-order valence-electron chi connectivity index (χ2n) is 4.69. The molecule has 0 spiro atoms. The van der Waals surface area contributed by atoms with Gasteiger partial charge in [-0.1, -0.05) is 30.3 Å². The van der Waals surface area contributed by atoms with Crippen LogP contribution in [0.25, 0.3) is 0 Å². The summed E-state index contributed by atoms with van der Waals surface area (Å²) in [6.45, 7) is 1.25. The smallest absolute Gasteiger partial charge is 0.255 e. The molecule has 0 bridgehead atoms. The summed E-state index contributed by atoms with van der Waals surface area (Å²) in [6.07, 6.45) is 0. The molecule has 0 unspecified atom stereocenters. The molecule has 0 aliphatic carbocycles. The molecule has 5 nitrogen and oxygen atoms in total. The van der Waals surface area contributed by atoms with Crippen LogP contribution in [0.4, 0.5) is 0 Å². The van der Waals surface area contributed by atoms with E-state index in [9.17, 15) is 9.90 Å². The fraction of sp³-hybridized carbons (Fsp3) is 0.235. The lowest BCUT2D eigenvalue weighted by molar-refractivity contribution is 0.0948. The number of nitrogens with one attached hydrogen (secondary N) is 1. The van der Waals surface area contributed by atoms with E-state index in [4.69, 9.17) is 9.47 Å². The maximum Gasteiger partial charge on any atom is 0.255 e. The first-order valence-corrected chi connectivity index (χ1v) is 6.97. The van der Waals surface area contributed by atoms with Gasteiger partial charge in [-0.3, -0.25) is 4.79 Å². The molecule has 0 aliphatic rings. The molecule has 22 heavy (non-hydrogen) atoms. The molecule has 116 valence electrons. The Balaban J connectivity index is 1.95. The quantitative estimate of drug-likeness (QED) is 0.770. The number of carbonyl (C=O) groups excluding carboxylic acids is 1. The maximum absolute atomic E-state index is 12.1. The van der Waals surface area contributed by atoms with Crippen LogP contribution in [0, 0.1) is 0 Å². The Hall–Kier alpha value is -2.53. The van der Waals surface area contributed by atoms with Gasteiger partial charge in [0.25, 0.3) is 5.91 Å². The van der Waals surface area contributed by atoms with Gasteiger partial charge in [-0.25, -0.2) is 0 Å². The monoisotopic (exact) mass is 301 g/mol. The molecule has 0 heterocycles. The summed E-state index contributed by atoms with van der Waals surface area (Å²) in [5.41, 5.74) is 1.21. The van der Waals surface area contributed by atoms with Crippen molar-refractivity contribution in [1.82, 2.24) is 5.32 Å². The van der Waals surface area contributed by atoms with E-state index in [-0.39, 0.29) is 17.2 Å². The molecule has 0 aliphatic heterocycles. The minimum absolute atomic E-state index is 0.111. The number of hydrogen-bond donors (Lipinski definition) is 2. The van der Waals surface area contributed by atoms with Crippen molar-refractivity contribution in [2.24, 2.45) is 0 Å². The van der Waals surface area contributed by atoms with Crippen LogP contribution in [0.2, 0.25) is 0 Å². The number of carbonyl (C=O) groups is 1. The van der Waals surface area contributed by atoms with Gasteiger partial charge in [0.05, 0.1) is 12.2 Å². The van der Waals surface area contributed by atoms with E-state index in [0.717, 1.165) is 5.56 Å². The van der Waals surface area contributed by atoms with Crippen molar-refractivity contribution < 1.29 is 19.4 Å². The average Bonchev–Trinajstić information content (AvgIpc) is 2.54. The van der Waals surface area contributed by atoms with Crippen LogP contribution in [0.1, 0.15) is 15.9 Å². The summed E-state index contributed by atoms with van der Waals surface area (Å²) < 4.78 is 10.3. The summed E-state index contributed by atoms with van der Waals surface area (Å²) in [5, 5.41) is 12.7. The number of ether oxygens (including phenoxy) is 2. The Morgan fingerprint density at radius 3 is 2.59 bits per heavy atom. The van der Waals surface area contributed by atoms with Crippen molar-refractivity contribution in [1.29, 1.82) is 0 Å². The van der Waals surface area contributed by atoms with E-state index in [1.54, 1.807) is 13.2 Å². The van der Waals surface area contributed by atoms with Gasteiger partial charge in [0.1, 0.15) is 18.1 Å². The fourth-order valence-electron chi connectivity index (χ4n) is 1.91. The van der Waals surface area contributed by atoms with Crippen LogP contribution in [0.5, 0.6) is 11.5 Å². The van der Waals surface area contributed by atoms with Crippen molar-refractivity contribution in [2.45, 2.75) is 6.54 Å². The second-order valence-corrected chi connectivity index (χ2v) is 4.69. The molecule has 2 aromatic rings. The molecule has 5 heteroatoms. The van der Waals surface area contributed by atoms with Crippen molar-refractivity contribution in [3.63, 3.8) is 0 Å². The van der Waals surface area contributed by atoms with E-state index in [2.05, 4.69) is 5.32 Å². The minimum Gasteiger partial charge on any atom is -0.507 e. The van der Waals surface area contributed by atoms with Gasteiger partial charge in [-0.05, 0) is 17.7 Å². The van der Waals surface area contributed by atoms with Gasteiger partial charge >= 0.3 is 0 Å². The van der Waals surface area contributed by atoms with E-state index in [1.165, 1.54) is 12.1 Å². The molecule has 0 radical (unpaired) electrons. The highest BCUT2D eigenvalue weighted by atomic mass is 16.5. The van der Waals surface area contributed by atoms with Gasteiger partial charge < -0.3 is 19.9 Å². The van der Waals surface area contributed by atoms with E-state index in [1.807, 2.05) is 30.3 Å². The minimum atomic E-state index is -0.329. The van der Waals surface area contributed by atoms with Crippen LogP contribution >= 0.6 is 0 Å². The Morgan fingerprint density at radius 1 is 1.14 bits per heavy atom. The SMILES string of the molecule is COCCOc1ccc(C(=O)NCc2ccccc2)c(O)c1. The molecule has 0 saturated heterocycles. The van der Waals surface area contributed by atoms with Crippen LogP contribution in [-0.4, -0.2) is 31.3 Å². The molecular formula is C17H19NO4. The van der Waals surface area contributed by atoms with Crippen LogP contribution < -0.4 is 10.1 Å². The molecule has 2 rings (SSSR count). The van der Waals surface area contributed by atoms with Crippen LogP contribution in [0.3, 0.4) is 0 Å². The van der Waals surface area contributed by atoms with Gasteiger partial charge in [-0.2, -0.15) is 0 Å². The molecular weight excluding hydrogens is 282 g/mol. The fourth-order valence-corrected chi connectivity index (χ4v) is 1.91. The summed E-state index contributed by atoms with van der Waals surface area (Å²) in [5.74, 6) is 0.0550. The number of amides is 1. The zero-order valence-corrected chi connectivity index (χ0v) is 12.4. The summed E-state index contributed by atoms with van der Waals surface area (Å²) in [6, 6.07) is 14.2. The highest BCUT2D eigenvalue weighted by molar-refractivity contribution is 5.96. The first kappa shape index (κ1) is 15.9. The van der Waals surface area contributed by atoms with Gasteiger partial charge in [0.2, 0.25) is 0 Å². The van der Waals surface area contributed by atoms with Crippen LogP contribution in [-0.2, 0) is 11.3 Å². The van der Waals surface area contributed by atoms with Gasteiger partial charge in [-0.15, -0.1) is 0 Å². The number of benzene rings is 2. The van der Waals surface area contributed by atoms with Crippen molar-refractivity contribution in [3.05, 3.63) is 59.7 Å². The third-order valence-corrected chi connectivity index (χ3v) is 3.07. The Bertz CT molecular complexity index is 613. The average molecular weight is 301 g/mol. The number of phenolic OH excluding ortho intramolecular Hbond substituents is 1. The summed E-state index contributed by atoms with van der Waals surface area (Å²) in [4.78, 5) is 12.1. The predicted octanol–water partition coefficient (Wildman–Crippen LogP) is 2.35. The normalized spacial score (nSPS) is 10.2. The van der Waals surface area contributed by atoms with Crippen LogP contribution in [0.15, 0.2) is 48.5 Å². The number of rotatable bonds is 7. The third kappa shape index (κ3) is 4.49. The number of aromatic hydroxyl groups is 1. The molecule has 2 N–H and O–H groups in total. The topological polar surface area (TPSA) is 67.8 Å². The lowest BCUT2D eigenvalue weighted by Crippen LogP contribution is -2.22. The summed E-state index contributed by atoms with van der Waals surface area (Å²) in [7, 11) is 1.58. The largest absolute Gasteiger partial charge is 0.507 e. The summed E-state index contributed by atoms with van der Waals surface area (Å²) >= 11 is 0. The Morgan fingerprint density at radius 2 is 1.91 bits per heavy atom. The second kappa shape index (κ2) is 8.05. The van der Waals surface area contributed by atoms with Gasteiger partial charge in [0, 0.05) is 19.7 Å². The lowest BCUT2D eigenvalue weighted by Gasteiger charge is -2.09. The molecule has 0 fully saturated rings. The Labute approximate surface area is 129 Å². The predicted molar refractivity (Wildman–Crippen MR) is 83.1 cm³/mol. The highest BCUT2D eigenvalue weighted by Gasteiger charge is 2.11. The molecule has 0 atom stereocenters. The third-order valence-electron chi connectivity index (χ3n) is 3.07. The van der Waals surface area contributed by atoms with E-state index >= 15 is 0 Å². The Kier molecular flexibility index (Phi) is 5.80.